The summed E-state index contributed by atoms with van der Waals surface area (Å²) in [6.07, 6.45) is 0. The van der Waals surface area contributed by atoms with Crippen LogP contribution in [0.25, 0.3) is 32.7 Å². The molecule has 4 rings (SSSR count). The summed E-state index contributed by atoms with van der Waals surface area (Å²) < 4.78 is 5.76. The predicted molar refractivity (Wildman–Crippen MR) is 111 cm³/mol. The van der Waals surface area contributed by atoms with Crippen molar-refractivity contribution in [1.29, 1.82) is 0 Å². The second-order valence-corrected chi connectivity index (χ2v) is 6.29. The quantitative estimate of drug-likeness (QED) is 0.534. The molecule has 0 fully saturated rings. The molecule has 26 heavy (non-hydrogen) atoms. The normalized spacial score (nSPS) is 11.0. The smallest absolute Gasteiger partial charge is 0.127 e. The lowest BCUT2D eigenvalue weighted by molar-refractivity contribution is 0.417. The van der Waals surface area contributed by atoms with E-state index in [1.165, 1.54) is 21.5 Å². The number of ether oxygens (including phenoxy) is 1. The summed E-state index contributed by atoms with van der Waals surface area (Å²) in [5, 5.41) is 8.27. The highest BCUT2D eigenvalue weighted by atomic mass is 16.5. The maximum Gasteiger partial charge on any atom is 0.127 e. The van der Waals surface area contributed by atoms with Crippen LogP contribution in [0.5, 0.6) is 5.75 Å². The molecular formula is C23H22N2O. The van der Waals surface area contributed by atoms with Crippen LogP contribution in [0, 0.1) is 0 Å². The molecule has 4 aromatic carbocycles. The van der Waals surface area contributed by atoms with Gasteiger partial charge in [-0.15, -0.1) is 0 Å². The molecule has 0 aliphatic heterocycles. The first kappa shape index (κ1) is 16.4. The summed E-state index contributed by atoms with van der Waals surface area (Å²) in [6, 6.07) is 25.3. The minimum atomic E-state index is 0.582. The molecule has 0 radical (unpaired) electrons. The Morgan fingerprint density at radius 2 is 1.38 bits per heavy atom. The van der Waals surface area contributed by atoms with Crippen molar-refractivity contribution >= 4 is 27.2 Å². The first-order valence-corrected chi connectivity index (χ1v) is 8.85. The second kappa shape index (κ2) is 7.06. The Labute approximate surface area is 153 Å². The summed E-state index contributed by atoms with van der Waals surface area (Å²) in [5.41, 5.74) is 9.08. The molecule has 0 aliphatic carbocycles. The first-order valence-electron chi connectivity index (χ1n) is 8.85. The number of methoxy groups -OCH3 is 1. The van der Waals surface area contributed by atoms with Gasteiger partial charge in [0, 0.05) is 29.9 Å². The lowest BCUT2D eigenvalue weighted by atomic mass is 9.91. The van der Waals surface area contributed by atoms with Crippen molar-refractivity contribution in [2.45, 2.75) is 0 Å². The van der Waals surface area contributed by atoms with E-state index in [0.29, 0.717) is 6.54 Å². The Balaban J connectivity index is 2.12. The zero-order chi connectivity index (χ0) is 17.9. The first-order chi connectivity index (χ1) is 12.8. The van der Waals surface area contributed by atoms with Crippen LogP contribution >= 0.6 is 0 Å². The maximum atomic E-state index is 5.76. The fourth-order valence-corrected chi connectivity index (χ4v) is 3.57. The van der Waals surface area contributed by atoms with Gasteiger partial charge in [0.15, 0.2) is 0 Å². The summed E-state index contributed by atoms with van der Waals surface area (Å²) in [7, 11) is 1.73. The van der Waals surface area contributed by atoms with Gasteiger partial charge in [-0.1, -0.05) is 60.7 Å². The number of rotatable bonds is 5. The van der Waals surface area contributed by atoms with Gasteiger partial charge in [-0.3, -0.25) is 0 Å². The van der Waals surface area contributed by atoms with Crippen LogP contribution in [0.1, 0.15) is 0 Å². The molecule has 0 saturated carbocycles. The van der Waals surface area contributed by atoms with Crippen molar-refractivity contribution in [1.82, 2.24) is 0 Å². The van der Waals surface area contributed by atoms with Gasteiger partial charge in [0.25, 0.3) is 0 Å². The molecule has 3 heteroatoms. The van der Waals surface area contributed by atoms with E-state index < -0.39 is 0 Å². The number of nitrogens with two attached hydrogens (primary N) is 1. The van der Waals surface area contributed by atoms with E-state index in [0.717, 1.165) is 29.1 Å². The maximum absolute atomic E-state index is 5.76. The predicted octanol–water partition coefficient (Wildman–Crippen LogP) is 5.04. The van der Waals surface area contributed by atoms with Crippen LogP contribution in [0.3, 0.4) is 0 Å². The molecule has 130 valence electrons. The molecule has 0 bridgehead atoms. The van der Waals surface area contributed by atoms with E-state index in [1.807, 2.05) is 6.07 Å². The Hall–Kier alpha value is -3.04. The van der Waals surface area contributed by atoms with E-state index >= 15 is 0 Å². The second-order valence-electron chi connectivity index (χ2n) is 6.29. The van der Waals surface area contributed by atoms with Gasteiger partial charge in [0.1, 0.15) is 5.75 Å². The SMILES string of the molecule is COc1ccc2ccccc2c1-c1c(NCCN)ccc2ccccc12. The fourth-order valence-electron chi connectivity index (χ4n) is 3.57. The number of anilines is 1. The third-order valence-corrected chi connectivity index (χ3v) is 4.75. The third kappa shape index (κ3) is 2.76. The Morgan fingerprint density at radius 3 is 2.04 bits per heavy atom. The van der Waals surface area contributed by atoms with Gasteiger partial charge in [0.05, 0.1) is 7.11 Å². The third-order valence-electron chi connectivity index (χ3n) is 4.75. The van der Waals surface area contributed by atoms with E-state index in [4.69, 9.17) is 10.5 Å². The molecule has 0 heterocycles. The lowest BCUT2D eigenvalue weighted by Crippen LogP contribution is -2.13. The molecular weight excluding hydrogens is 320 g/mol. The molecule has 4 aromatic rings. The standard InChI is InChI=1S/C23H22N2O/c1-26-21-13-11-17-7-3-5-9-19(17)23(21)22-18-8-4-2-6-16(18)10-12-20(22)25-15-14-24/h2-13,25H,14-15,24H2,1H3. The van der Waals surface area contributed by atoms with Crippen molar-refractivity contribution in [2.75, 3.05) is 25.5 Å². The van der Waals surface area contributed by atoms with Gasteiger partial charge in [-0.25, -0.2) is 0 Å². The average molecular weight is 342 g/mol. The Bertz CT molecular complexity index is 1070. The Kier molecular flexibility index (Phi) is 4.46. The van der Waals surface area contributed by atoms with Crippen molar-refractivity contribution < 1.29 is 4.74 Å². The highest BCUT2D eigenvalue weighted by Crippen LogP contribution is 2.44. The highest BCUT2D eigenvalue weighted by molar-refractivity contribution is 6.11. The van der Waals surface area contributed by atoms with Crippen LogP contribution in [0.2, 0.25) is 0 Å². The summed E-state index contributed by atoms with van der Waals surface area (Å²) in [6.45, 7) is 1.30. The largest absolute Gasteiger partial charge is 0.496 e. The van der Waals surface area contributed by atoms with E-state index in [-0.39, 0.29) is 0 Å². The Morgan fingerprint density at radius 1 is 0.769 bits per heavy atom. The van der Waals surface area contributed by atoms with Gasteiger partial charge in [0.2, 0.25) is 0 Å². The number of nitrogens with one attached hydrogen (secondary N) is 1. The van der Waals surface area contributed by atoms with Crippen molar-refractivity contribution in [3.8, 4) is 16.9 Å². The molecule has 0 aliphatic rings. The van der Waals surface area contributed by atoms with Crippen LogP contribution in [-0.2, 0) is 0 Å². The summed E-state index contributed by atoms with van der Waals surface area (Å²) in [4.78, 5) is 0. The van der Waals surface area contributed by atoms with Crippen molar-refractivity contribution in [3.05, 3.63) is 72.8 Å². The van der Waals surface area contributed by atoms with Gasteiger partial charge >= 0.3 is 0 Å². The summed E-state index contributed by atoms with van der Waals surface area (Å²) in [5.74, 6) is 0.871. The summed E-state index contributed by atoms with van der Waals surface area (Å²) >= 11 is 0. The van der Waals surface area contributed by atoms with Crippen LogP contribution in [-0.4, -0.2) is 20.2 Å². The van der Waals surface area contributed by atoms with Crippen LogP contribution < -0.4 is 15.8 Å². The van der Waals surface area contributed by atoms with E-state index in [2.05, 4.69) is 72.0 Å². The van der Waals surface area contributed by atoms with E-state index in [1.54, 1.807) is 7.11 Å². The van der Waals surface area contributed by atoms with Crippen molar-refractivity contribution in [3.63, 3.8) is 0 Å². The molecule has 0 aromatic heterocycles. The molecule has 3 N–H and O–H groups in total. The molecule has 0 unspecified atom stereocenters. The monoisotopic (exact) mass is 342 g/mol. The topological polar surface area (TPSA) is 47.3 Å². The van der Waals surface area contributed by atoms with Gasteiger partial charge < -0.3 is 15.8 Å². The molecule has 0 saturated heterocycles. The zero-order valence-electron chi connectivity index (χ0n) is 14.8. The minimum absolute atomic E-state index is 0.582. The fraction of sp³-hybridized carbons (Fsp3) is 0.130. The number of hydrogen-bond donors (Lipinski definition) is 2. The number of benzene rings is 4. The molecule has 0 spiro atoms. The molecule has 0 atom stereocenters. The lowest BCUT2D eigenvalue weighted by Gasteiger charge is -2.19. The van der Waals surface area contributed by atoms with Crippen LogP contribution in [0.15, 0.2) is 72.8 Å². The zero-order valence-corrected chi connectivity index (χ0v) is 14.8. The number of hydrogen-bond acceptors (Lipinski definition) is 3. The molecule has 0 amide bonds. The highest BCUT2D eigenvalue weighted by Gasteiger charge is 2.17. The van der Waals surface area contributed by atoms with Gasteiger partial charge in [-0.2, -0.15) is 0 Å². The van der Waals surface area contributed by atoms with Gasteiger partial charge in [-0.05, 0) is 33.7 Å². The number of fused-ring (bicyclic) bond motifs is 2. The molecule has 3 nitrogen and oxygen atoms in total. The average Bonchev–Trinajstić information content (AvgIpc) is 2.71. The van der Waals surface area contributed by atoms with Crippen molar-refractivity contribution in [2.24, 2.45) is 5.73 Å². The van der Waals surface area contributed by atoms with Crippen LogP contribution in [0.4, 0.5) is 5.69 Å². The minimum Gasteiger partial charge on any atom is -0.496 e. The van der Waals surface area contributed by atoms with E-state index in [9.17, 15) is 0 Å².